The lowest BCUT2D eigenvalue weighted by Gasteiger charge is -2.41. The second kappa shape index (κ2) is 4.90. The van der Waals surface area contributed by atoms with Gasteiger partial charge in [-0.15, -0.1) is 0 Å². The predicted molar refractivity (Wildman–Crippen MR) is 75.9 cm³/mol. The summed E-state index contributed by atoms with van der Waals surface area (Å²) in [5.74, 6) is 0.253. The normalized spacial score (nSPS) is 24.5. The summed E-state index contributed by atoms with van der Waals surface area (Å²) in [5, 5.41) is -0.339. The number of hydrogen-bond acceptors (Lipinski definition) is 4. The van der Waals surface area contributed by atoms with Crippen molar-refractivity contribution in [3.63, 3.8) is 0 Å². The first-order valence-electron chi connectivity index (χ1n) is 6.63. The van der Waals surface area contributed by atoms with E-state index in [1.54, 1.807) is 12.5 Å². The molecule has 1 saturated heterocycles. The molecule has 0 amide bonds. The minimum absolute atomic E-state index is 0.0121. The van der Waals surface area contributed by atoms with Crippen LogP contribution in [0.2, 0.25) is 0 Å². The Morgan fingerprint density at radius 1 is 1.42 bits per heavy atom. The molecule has 5 nitrogen and oxygen atoms in total. The number of aryl methyl sites for hydroxylation is 1. The van der Waals surface area contributed by atoms with Gasteiger partial charge in [-0.05, 0) is 27.7 Å². The molecule has 108 valence electrons. The van der Waals surface area contributed by atoms with Crippen molar-refractivity contribution in [2.45, 2.75) is 45.0 Å². The summed E-state index contributed by atoms with van der Waals surface area (Å²) >= 11 is 0. The van der Waals surface area contributed by atoms with Crippen molar-refractivity contribution in [2.24, 2.45) is 0 Å². The molecule has 0 aromatic carbocycles. The highest BCUT2D eigenvalue weighted by Crippen LogP contribution is 2.22. The summed E-state index contributed by atoms with van der Waals surface area (Å²) in [7, 11) is -3.00. The molecule has 0 saturated carbocycles. The van der Waals surface area contributed by atoms with E-state index < -0.39 is 9.84 Å². The van der Waals surface area contributed by atoms with Crippen molar-refractivity contribution < 1.29 is 8.42 Å². The lowest BCUT2D eigenvalue weighted by Crippen LogP contribution is -2.55. The molecule has 1 fully saturated rings. The lowest BCUT2D eigenvalue weighted by molar-refractivity contribution is 0.136. The van der Waals surface area contributed by atoms with Gasteiger partial charge in [-0.1, -0.05) is 0 Å². The summed E-state index contributed by atoms with van der Waals surface area (Å²) in [6.07, 6.45) is 3.47. The second-order valence-corrected chi connectivity index (χ2v) is 8.69. The van der Waals surface area contributed by atoms with Crippen LogP contribution >= 0.6 is 0 Å². The van der Waals surface area contributed by atoms with Crippen LogP contribution in [0.4, 0.5) is 0 Å². The molecule has 2 rings (SSSR count). The Hall–Kier alpha value is -0.880. The van der Waals surface area contributed by atoms with Crippen molar-refractivity contribution >= 4 is 9.84 Å². The maximum Gasteiger partial charge on any atom is 0.157 e. The van der Waals surface area contributed by atoms with Gasteiger partial charge >= 0.3 is 0 Å². The van der Waals surface area contributed by atoms with Crippen molar-refractivity contribution in [1.29, 1.82) is 0 Å². The molecule has 0 N–H and O–H groups in total. The molecule has 1 aromatic heterocycles. The van der Waals surface area contributed by atoms with Gasteiger partial charge < -0.3 is 4.57 Å². The number of imidazole rings is 1. The fraction of sp³-hybridized carbons (Fsp3) is 0.769. The van der Waals surface area contributed by atoms with Crippen LogP contribution in [0, 0.1) is 6.92 Å². The van der Waals surface area contributed by atoms with Gasteiger partial charge in [-0.2, -0.15) is 0 Å². The van der Waals surface area contributed by atoms with Crippen molar-refractivity contribution in [2.75, 3.05) is 18.8 Å². The van der Waals surface area contributed by atoms with Crippen molar-refractivity contribution in [1.82, 2.24) is 14.5 Å². The van der Waals surface area contributed by atoms with E-state index in [-0.39, 0.29) is 16.5 Å². The Bertz CT molecular complexity index is 542. The molecule has 1 aliphatic rings. The summed E-state index contributed by atoms with van der Waals surface area (Å²) in [5.41, 5.74) is 1.01. The lowest BCUT2D eigenvalue weighted by atomic mass is 10.1. The third-order valence-electron chi connectivity index (χ3n) is 3.85. The number of rotatable bonds is 2. The Morgan fingerprint density at radius 2 is 2.11 bits per heavy atom. The van der Waals surface area contributed by atoms with Gasteiger partial charge in [0.1, 0.15) is 0 Å². The predicted octanol–water partition coefficient (Wildman–Crippen LogP) is 1.09. The SMILES string of the molecule is Cc1cncn1C[C@@H]1CN(C(C)(C)C)CCS1(=O)=O. The van der Waals surface area contributed by atoms with E-state index in [1.807, 2.05) is 11.5 Å². The molecule has 0 bridgehead atoms. The van der Waals surface area contributed by atoms with Crippen LogP contribution < -0.4 is 0 Å². The summed E-state index contributed by atoms with van der Waals surface area (Å²) < 4.78 is 26.4. The summed E-state index contributed by atoms with van der Waals surface area (Å²) in [6, 6.07) is 0. The van der Waals surface area contributed by atoms with Gasteiger partial charge in [-0.25, -0.2) is 13.4 Å². The first-order valence-corrected chi connectivity index (χ1v) is 8.35. The van der Waals surface area contributed by atoms with Crippen molar-refractivity contribution in [3.05, 3.63) is 18.2 Å². The molecule has 0 spiro atoms. The third kappa shape index (κ3) is 3.17. The van der Waals surface area contributed by atoms with E-state index in [2.05, 4.69) is 30.7 Å². The van der Waals surface area contributed by atoms with Crippen LogP contribution in [-0.2, 0) is 16.4 Å². The van der Waals surface area contributed by atoms with E-state index >= 15 is 0 Å². The molecular weight excluding hydrogens is 262 g/mol. The molecule has 1 aliphatic heterocycles. The minimum Gasteiger partial charge on any atom is -0.334 e. The summed E-state index contributed by atoms with van der Waals surface area (Å²) in [6.45, 7) is 10.1. The number of sulfone groups is 1. The second-order valence-electron chi connectivity index (χ2n) is 6.29. The molecule has 1 aromatic rings. The molecule has 1 atom stereocenters. The number of aromatic nitrogens is 2. The Morgan fingerprint density at radius 3 is 2.63 bits per heavy atom. The smallest absolute Gasteiger partial charge is 0.157 e. The van der Waals surface area contributed by atoms with E-state index in [0.717, 1.165) is 5.69 Å². The van der Waals surface area contributed by atoms with Gasteiger partial charge in [0.05, 0.1) is 17.3 Å². The zero-order valence-corrected chi connectivity index (χ0v) is 12.9. The molecule has 0 aliphatic carbocycles. The molecule has 19 heavy (non-hydrogen) atoms. The van der Waals surface area contributed by atoms with Crippen LogP contribution in [0.15, 0.2) is 12.5 Å². The largest absolute Gasteiger partial charge is 0.334 e. The monoisotopic (exact) mass is 285 g/mol. The molecule has 0 radical (unpaired) electrons. The Labute approximate surface area is 115 Å². The minimum atomic E-state index is -3.00. The maximum absolute atomic E-state index is 12.2. The first-order chi connectivity index (χ1) is 8.70. The third-order valence-corrected chi connectivity index (χ3v) is 5.91. The van der Waals surface area contributed by atoms with E-state index in [1.165, 1.54) is 0 Å². The summed E-state index contributed by atoms with van der Waals surface area (Å²) in [4.78, 5) is 6.31. The van der Waals surface area contributed by atoms with Crippen LogP contribution in [0.1, 0.15) is 26.5 Å². The van der Waals surface area contributed by atoms with E-state index in [9.17, 15) is 8.42 Å². The topological polar surface area (TPSA) is 55.2 Å². The fourth-order valence-corrected chi connectivity index (χ4v) is 4.04. The molecular formula is C13H23N3O2S. The molecule has 6 heteroatoms. The fourth-order valence-electron chi connectivity index (χ4n) is 2.43. The van der Waals surface area contributed by atoms with Gasteiger partial charge in [0.15, 0.2) is 9.84 Å². The average molecular weight is 285 g/mol. The van der Waals surface area contributed by atoms with E-state index in [4.69, 9.17) is 0 Å². The zero-order chi connectivity index (χ0) is 14.3. The van der Waals surface area contributed by atoms with Crippen molar-refractivity contribution in [3.8, 4) is 0 Å². The van der Waals surface area contributed by atoms with Crippen LogP contribution in [0.5, 0.6) is 0 Å². The van der Waals surface area contributed by atoms with Gasteiger partial charge in [0.2, 0.25) is 0 Å². The van der Waals surface area contributed by atoms with Crippen LogP contribution in [-0.4, -0.2) is 52.5 Å². The highest BCUT2D eigenvalue weighted by atomic mass is 32.2. The van der Waals surface area contributed by atoms with E-state index in [0.29, 0.717) is 19.6 Å². The van der Waals surface area contributed by atoms with Crippen LogP contribution in [0.3, 0.4) is 0 Å². The highest BCUT2D eigenvalue weighted by Gasteiger charge is 2.37. The Balaban J connectivity index is 2.18. The highest BCUT2D eigenvalue weighted by molar-refractivity contribution is 7.92. The molecule has 2 heterocycles. The maximum atomic E-state index is 12.2. The Kier molecular flexibility index (Phi) is 3.75. The molecule has 0 unspecified atom stereocenters. The standard InChI is InChI=1S/C13H23N3O2S/c1-11-7-14-10-15(11)8-12-9-16(13(2,3)4)5-6-19(12,17)18/h7,10,12H,5-6,8-9H2,1-4H3/t12-/m1/s1. The average Bonchev–Trinajstić information content (AvgIpc) is 2.65. The quantitative estimate of drug-likeness (QED) is 0.816. The number of nitrogens with zero attached hydrogens (tertiary/aromatic N) is 3. The van der Waals surface area contributed by atoms with Crippen LogP contribution in [0.25, 0.3) is 0 Å². The zero-order valence-electron chi connectivity index (χ0n) is 12.1. The number of hydrogen-bond donors (Lipinski definition) is 0. The first kappa shape index (κ1) is 14.5. The van der Waals surface area contributed by atoms with Gasteiger partial charge in [0, 0.05) is 37.1 Å². The van der Waals surface area contributed by atoms with Gasteiger partial charge in [0.25, 0.3) is 0 Å². The van der Waals surface area contributed by atoms with Gasteiger partial charge in [-0.3, -0.25) is 4.90 Å².